The summed E-state index contributed by atoms with van der Waals surface area (Å²) in [6.07, 6.45) is 0. The van der Waals surface area contributed by atoms with E-state index in [-0.39, 0.29) is 39.7 Å². The van der Waals surface area contributed by atoms with Gasteiger partial charge in [0.15, 0.2) is 0 Å². The van der Waals surface area contributed by atoms with Crippen molar-refractivity contribution in [2.45, 2.75) is 33.6 Å². The van der Waals surface area contributed by atoms with Crippen molar-refractivity contribution in [3.05, 3.63) is 159 Å². The van der Waals surface area contributed by atoms with E-state index < -0.39 is 0 Å². The first-order chi connectivity index (χ1) is 20.0. The molecule has 0 nitrogen and oxygen atoms in total. The molecule has 0 amide bonds. The minimum absolute atomic E-state index is 0. The van der Waals surface area contributed by atoms with Crippen LogP contribution in [0, 0.1) is 28.7 Å². The number of benzene rings is 5. The number of rotatable bonds is 3. The van der Waals surface area contributed by atoms with Crippen molar-refractivity contribution < 1.29 is 23.3 Å². The van der Waals surface area contributed by atoms with E-state index >= 15 is 0 Å². The first-order valence-corrected chi connectivity index (χ1v) is 18.3. The van der Waals surface area contributed by atoms with E-state index in [4.69, 9.17) is 0 Å². The molecular weight excluding hydrogens is 683 g/mol. The van der Waals surface area contributed by atoms with Crippen molar-refractivity contribution in [3.63, 3.8) is 0 Å². The van der Waals surface area contributed by atoms with Crippen molar-refractivity contribution in [2.75, 3.05) is 0 Å². The van der Waals surface area contributed by atoms with Crippen LogP contribution in [0.25, 0.3) is 54.6 Å². The quantitative estimate of drug-likeness (QED) is 0.126. The fourth-order valence-electron chi connectivity index (χ4n) is 5.75. The summed E-state index contributed by atoms with van der Waals surface area (Å²) in [6.45, 7) is 11.9. The van der Waals surface area contributed by atoms with Crippen molar-refractivity contribution in [1.82, 2.24) is 0 Å². The Balaban J connectivity index is 0.000000402. The molecule has 0 heterocycles. The van der Waals surface area contributed by atoms with Gasteiger partial charge in [0.2, 0.25) is 0 Å². The predicted molar refractivity (Wildman–Crippen MR) is 204 cm³/mol. The Labute approximate surface area is 300 Å². The van der Waals surface area contributed by atoms with Gasteiger partial charge in [0.05, 0.1) is 0 Å². The van der Waals surface area contributed by atoms with Gasteiger partial charge in [-0.15, -0.1) is 93.4 Å². The molecule has 0 spiro atoms. The first kappa shape index (κ1) is 40.3. The van der Waals surface area contributed by atoms with Crippen LogP contribution in [0.4, 0.5) is 0 Å². The van der Waals surface area contributed by atoms with Crippen LogP contribution in [0.2, 0.25) is 0 Å². The number of halogens is 2. The maximum absolute atomic E-state index is 3.06. The molecule has 4 heteroatoms. The molecule has 7 rings (SSSR count). The molecule has 0 saturated carbocycles. The molecule has 0 unspecified atom stereocenters. The Morgan fingerprint density at radius 2 is 1.18 bits per heavy atom. The molecule has 0 saturated heterocycles. The third-order valence-corrected chi connectivity index (χ3v) is 7.85. The summed E-state index contributed by atoms with van der Waals surface area (Å²) < 4.78 is 0. The summed E-state index contributed by atoms with van der Waals surface area (Å²) in [7, 11) is 0. The van der Waals surface area contributed by atoms with Gasteiger partial charge in [-0.1, -0.05) is 124 Å². The van der Waals surface area contributed by atoms with E-state index in [9.17, 15) is 0 Å². The van der Waals surface area contributed by atoms with Gasteiger partial charge >= 0.3 is 30.2 Å². The summed E-state index contributed by atoms with van der Waals surface area (Å²) in [5, 5.41) is 8.08. The van der Waals surface area contributed by atoms with Gasteiger partial charge in [0.25, 0.3) is 0 Å². The van der Waals surface area contributed by atoms with E-state index in [0.29, 0.717) is 5.92 Å². The van der Waals surface area contributed by atoms with Gasteiger partial charge in [-0.3, -0.25) is 0 Å². The standard InChI is InChI=1S/C22H19.C17H15.2CH3.2ClH.Si.Zr/c1-15(2)18-13-17-9-6-12-21(22(17)14-18)20-11-5-8-16-7-3-4-10-19(16)20;1-12-10-16-13(2)8-9-15(17(16)11-12)14-6-4-3-5-7-14;;;;;;/h3-15H,1-2H3;3-11H,1-2H3;2*1H3;2*1H;;/q4*-1;;;;. The molecule has 0 N–H and O–H groups in total. The number of fused-ring (bicyclic) bond motifs is 3. The molecule has 7 aromatic rings. The van der Waals surface area contributed by atoms with Crippen LogP contribution < -0.4 is 0 Å². The first-order valence-electron chi connectivity index (χ1n) is 14.1. The zero-order valence-electron chi connectivity index (χ0n) is 27.0. The Kier molecular flexibility index (Phi) is 16.5. The maximum atomic E-state index is 3.06. The summed E-state index contributed by atoms with van der Waals surface area (Å²) in [5.74, 6) is 0.563. The molecule has 45 heavy (non-hydrogen) atoms. The zero-order chi connectivity index (χ0) is 28.9. The number of hydrogen-bond acceptors (Lipinski definition) is 0. The summed E-state index contributed by atoms with van der Waals surface area (Å²) >= 11 is 1.36. The molecule has 0 atom stereocenters. The fraction of sp³-hybridized carbons (Fsp3) is 0.122. The third kappa shape index (κ3) is 8.75. The predicted octanol–water partition coefficient (Wildman–Crippen LogP) is 12.7. The van der Waals surface area contributed by atoms with E-state index in [1.54, 1.807) is 0 Å². The van der Waals surface area contributed by atoms with Crippen LogP contribution in [0.5, 0.6) is 0 Å². The fourth-order valence-corrected chi connectivity index (χ4v) is 5.75. The van der Waals surface area contributed by atoms with E-state index in [0.717, 1.165) is 0 Å². The average Bonchev–Trinajstić information content (AvgIpc) is 3.63. The molecule has 0 bridgehead atoms. The molecule has 232 valence electrons. The van der Waals surface area contributed by atoms with Gasteiger partial charge in [-0.05, 0) is 27.8 Å². The second kappa shape index (κ2) is 18.4. The number of hydrogen-bond donors (Lipinski definition) is 0. The average molecular weight is 725 g/mol. The number of aryl methyl sites for hydroxylation is 2. The SMILES string of the molecule is CC(C)c1cc2c(-c3cccc4ccccc34)cccc2[cH-]1.Cc1cc2c(-c3ccccc3)ccc(C)c2[cH-]1.Cl.Cl.[CH3-].[CH3-].[Si]=[Zr]. The van der Waals surface area contributed by atoms with Gasteiger partial charge in [-0.2, -0.15) is 12.1 Å². The molecule has 0 fully saturated rings. The van der Waals surface area contributed by atoms with Crippen LogP contribution >= 0.6 is 24.8 Å². The molecular formula is C41H42Cl2SiZr-4. The minimum atomic E-state index is 0. The molecule has 7 aromatic carbocycles. The van der Waals surface area contributed by atoms with E-state index in [1.807, 2.05) is 0 Å². The Morgan fingerprint density at radius 3 is 1.87 bits per heavy atom. The third-order valence-electron chi connectivity index (χ3n) is 7.85. The van der Waals surface area contributed by atoms with Crippen LogP contribution in [0.15, 0.2) is 127 Å². The molecule has 0 aliphatic heterocycles. The van der Waals surface area contributed by atoms with E-state index in [2.05, 4.69) is 162 Å². The molecule has 0 aromatic heterocycles. The second-order valence-electron chi connectivity index (χ2n) is 10.9. The normalized spacial score (nSPS) is 9.87. The Hall–Kier alpha value is -2.74. The van der Waals surface area contributed by atoms with Gasteiger partial charge in [0, 0.05) is 0 Å². The van der Waals surface area contributed by atoms with Crippen molar-refractivity contribution in [2.24, 2.45) is 0 Å². The summed E-state index contributed by atoms with van der Waals surface area (Å²) in [5.41, 5.74) is 9.40. The van der Waals surface area contributed by atoms with E-state index in [1.165, 1.54) is 94.6 Å². The van der Waals surface area contributed by atoms with Crippen molar-refractivity contribution in [1.29, 1.82) is 0 Å². The zero-order valence-corrected chi connectivity index (χ0v) is 32.1. The monoisotopic (exact) mass is 722 g/mol. The molecule has 0 aliphatic rings. The summed E-state index contributed by atoms with van der Waals surface area (Å²) in [4.78, 5) is 0. The molecule has 2 radical (unpaired) electrons. The van der Waals surface area contributed by atoms with Crippen LogP contribution in [0.1, 0.15) is 36.5 Å². The van der Waals surface area contributed by atoms with Gasteiger partial charge in [-0.25, -0.2) is 0 Å². The van der Waals surface area contributed by atoms with Crippen molar-refractivity contribution in [3.8, 4) is 22.3 Å². The molecule has 0 aliphatic carbocycles. The Bertz CT molecular complexity index is 1930. The van der Waals surface area contributed by atoms with Crippen molar-refractivity contribution >= 4 is 64.0 Å². The second-order valence-corrected chi connectivity index (χ2v) is 10.9. The van der Waals surface area contributed by atoms with Crippen LogP contribution in [-0.4, -0.2) is 6.88 Å². The Morgan fingerprint density at radius 1 is 0.578 bits per heavy atom. The van der Waals surface area contributed by atoms with Gasteiger partial charge in [0.1, 0.15) is 0 Å². The van der Waals surface area contributed by atoms with Crippen LogP contribution in [-0.2, 0) is 23.3 Å². The summed E-state index contributed by atoms with van der Waals surface area (Å²) in [6, 6.07) is 46.1. The van der Waals surface area contributed by atoms with Crippen LogP contribution in [0.3, 0.4) is 0 Å². The van der Waals surface area contributed by atoms with Gasteiger partial charge < -0.3 is 14.9 Å². The topological polar surface area (TPSA) is 0 Å².